The molecule has 0 aliphatic rings. The van der Waals surface area contributed by atoms with Crippen molar-refractivity contribution in [3.05, 3.63) is 36.3 Å². The molecule has 6 heteroatoms. The van der Waals surface area contributed by atoms with Crippen LogP contribution in [0, 0.1) is 0 Å². The van der Waals surface area contributed by atoms with Gasteiger partial charge in [0.25, 0.3) is 0 Å². The lowest BCUT2D eigenvalue weighted by Gasteiger charge is -2.10. The summed E-state index contributed by atoms with van der Waals surface area (Å²) in [7, 11) is 3.21. The van der Waals surface area contributed by atoms with E-state index in [-0.39, 0.29) is 0 Å². The number of methoxy groups -OCH3 is 2. The molecular formula is C13H16N4O2. The molecule has 0 saturated heterocycles. The average Bonchev–Trinajstić information content (AvgIpc) is 2.47. The lowest BCUT2D eigenvalue weighted by Crippen LogP contribution is -2.04. The summed E-state index contributed by atoms with van der Waals surface area (Å²) < 4.78 is 10.4. The zero-order valence-corrected chi connectivity index (χ0v) is 10.9. The van der Waals surface area contributed by atoms with Crippen LogP contribution in [0.2, 0.25) is 0 Å². The summed E-state index contributed by atoms with van der Waals surface area (Å²) in [5, 5.41) is 3.16. The normalized spacial score (nSPS) is 10.1. The number of hydrogen-bond donors (Lipinski definition) is 2. The molecule has 0 atom stereocenters. The molecule has 1 aromatic carbocycles. The lowest BCUT2D eigenvalue weighted by atomic mass is 10.2. The van der Waals surface area contributed by atoms with Crippen LogP contribution < -0.4 is 20.5 Å². The minimum absolute atomic E-state index is 0.303. The first-order valence-electron chi connectivity index (χ1n) is 5.77. The topological polar surface area (TPSA) is 82.3 Å². The molecule has 0 fully saturated rings. The summed E-state index contributed by atoms with van der Waals surface area (Å²) in [5.41, 5.74) is 6.33. The van der Waals surface area contributed by atoms with Crippen LogP contribution in [0.5, 0.6) is 11.5 Å². The molecule has 0 saturated carbocycles. The molecular weight excluding hydrogens is 244 g/mol. The van der Waals surface area contributed by atoms with Crippen LogP contribution in [0.3, 0.4) is 0 Å². The molecule has 19 heavy (non-hydrogen) atoms. The van der Waals surface area contributed by atoms with E-state index in [1.807, 2.05) is 12.1 Å². The van der Waals surface area contributed by atoms with Crippen molar-refractivity contribution in [3.63, 3.8) is 0 Å². The molecule has 2 rings (SSSR count). The molecule has 0 radical (unpaired) electrons. The fourth-order valence-electron chi connectivity index (χ4n) is 1.59. The average molecular weight is 260 g/mol. The molecule has 2 aromatic rings. The van der Waals surface area contributed by atoms with Crippen LogP contribution in [0.4, 0.5) is 11.5 Å². The Hall–Kier alpha value is -2.34. The van der Waals surface area contributed by atoms with Crippen molar-refractivity contribution in [1.82, 2.24) is 9.97 Å². The maximum atomic E-state index is 5.51. The van der Waals surface area contributed by atoms with Gasteiger partial charge >= 0.3 is 0 Å². The molecule has 1 aromatic heterocycles. The molecule has 100 valence electrons. The van der Waals surface area contributed by atoms with Crippen LogP contribution in [0.25, 0.3) is 0 Å². The van der Waals surface area contributed by atoms with Crippen LogP contribution in [-0.2, 0) is 6.54 Å². The maximum absolute atomic E-state index is 5.51. The lowest BCUT2D eigenvalue weighted by molar-refractivity contribution is 0.395. The van der Waals surface area contributed by atoms with Crippen molar-refractivity contribution in [1.29, 1.82) is 0 Å². The van der Waals surface area contributed by atoms with E-state index >= 15 is 0 Å². The summed E-state index contributed by atoms with van der Waals surface area (Å²) in [6.07, 6.45) is 1.66. The minimum atomic E-state index is 0.303. The van der Waals surface area contributed by atoms with Gasteiger partial charge in [0, 0.05) is 30.1 Å². The zero-order valence-electron chi connectivity index (χ0n) is 10.9. The quantitative estimate of drug-likeness (QED) is 0.851. The predicted molar refractivity (Wildman–Crippen MR) is 72.8 cm³/mol. The Bertz CT molecular complexity index is 538. The van der Waals surface area contributed by atoms with Crippen molar-refractivity contribution < 1.29 is 9.47 Å². The number of rotatable bonds is 5. The number of nitrogens with one attached hydrogen (secondary N) is 1. The molecule has 0 spiro atoms. The maximum Gasteiger partial charge on any atom is 0.144 e. The van der Waals surface area contributed by atoms with Gasteiger partial charge in [0.2, 0.25) is 0 Å². The Morgan fingerprint density at radius 1 is 1.16 bits per heavy atom. The first-order chi connectivity index (χ1) is 9.25. The Balaban J connectivity index is 2.26. The molecule has 3 N–H and O–H groups in total. The Kier molecular flexibility index (Phi) is 4.15. The van der Waals surface area contributed by atoms with E-state index in [2.05, 4.69) is 15.3 Å². The van der Waals surface area contributed by atoms with Gasteiger partial charge in [0.15, 0.2) is 0 Å². The van der Waals surface area contributed by atoms with Crippen molar-refractivity contribution in [2.45, 2.75) is 6.54 Å². The van der Waals surface area contributed by atoms with E-state index < -0.39 is 0 Å². The Morgan fingerprint density at radius 3 is 2.42 bits per heavy atom. The molecule has 6 nitrogen and oxygen atoms in total. The summed E-state index contributed by atoms with van der Waals surface area (Å²) >= 11 is 0. The standard InChI is InChI=1S/C13H16N4O2/c1-18-10-5-9(6-11(7-10)19-2)16-12-3-4-15-13(8-14)17-12/h3-7H,8,14H2,1-2H3,(H,15,16,17). The summed E-state index contributed by atoms with van der Waals surface area (Å²) in [4.78, 5) is 8.31. The summed E-state index contributed by atoms with van der Waals surface area (Å²) in [5.74, 6) is 2.66. The second-order valence-electron chi connectivity index (χ2n) is 3.79. The third-order valence-electron chi connectivity index (χ3n) is 2.51. The Labute approximate surface area is 111 Å². The largest absolute Gasteiger partial charge is 0.497 e. The van der Waals surface area contributed by atoms with E-state index in [4.69, 9.17) is 15.2 Å². The van der Waals surface area contributed by atoms with Gasteiger partial charge in [-0.15, -0.1) is 0 Å². The predicted octanol–water partition coefficient (Wildman–Crippen LogP) is 1.70. The van der Waals surface area contributed by atoms with Crippen LogP contribution in [0.15, 0.2) is 30.5 Å². The van der Waals surface area contributed by atoms with Gasteiger partial charge in [-0.3, -0.25) is 0 Å². The van der Waals surface area contributed by atoms with Gasteiger partial charge in [-0.2, -0.15) is 0 Å². The zero-order chi connectivity index (χ0) is 13.7. The van der Waals surface area contributed by atoms with Gasteiger partial charge in [-0.25, -0.2) is 9.97 Å². The number of ether oxygens (including phenoxy) is 2. The van der Waals surface area contributed by atoms with Crippen LogP contribution in [0.1, 0.15) is 5.82 Å². The van der Waals surface area contributed by atoms with E-state index in [0.717, 1.165) is 5.69 Å². The molecule has 0 amide bonds. The van der Waals surface area contributed by atoms with Crippen molar-refractivity contribution in [2.24, 2.45) is 5.73 Å². The van der Waals surface area contributed by atoms with Gasteiger partial charge < -0.3 is 20.5 Å². The third-order valence-corrected chi connectivity index (χ3v) is 2.51. The van der Waals surface area contributed by atoms with Crippen molar-refractivity contribution in [2.75, 3.05) is 19.5 Å². The number of nitrogens with two attached hydrogens (primary N) is 1. The molecule has 1 heterocycles. The molecule has 0 aliphatic heterocycles. The van der Waals surface area contributed by atoms with E-state index in [9.17, 15) is 0 Å². The number of benzene rings is 1. The van der Waals surface area contributed by atoms with Crippen LogP contribution in [-0.4, -0.2) is 24.2 Å². The van der Waals surface area contributed by atoms with Gasteiger partial charge in [-0.1, -0.05) is 0 Å². The highest BCUT2D eigenvalue weighted by atomic mass is 16.5. The number of anilines is 2. The van der Waals surface area contributed by atoms with E-state index in [1.165, 1.54) is 0 Å². The second-order valence-corrected chi connectivity index (χ2v) is 3.79. The van der Waals surface area contributed by atoms with Gasteiger partial charge in [-0.05, 0) is 6.07 Å². The highest BCUT2D eigenvalue weighted by Gasteiger charge is 2.03. The van der Waals surface area contributed by atoms with Crippen molar-refractivity contribution in [3.8, 4) is 11.5 Å². The molecule has 0 bridgehead atoms. The number of aromatic nitrogens is 2. The first kappa shape index (κ1) is 13.1. The fraction of sp³-hybridized carbons (Fsp3) is 0.231. The van der Waals surface area contributed by atoms with Crippen LogP contribution >= 0.6 is 0 Å². The molecule has 0 unspecified atom stereocenters. The van der Waals surface area contributed by atoms with Gasteiger partial charge in [0.05, 0.1) is 20.8 Å². The van der Waals surface area contributed by atoms with E-state index in [1.54, 1.807) is 32.5 Å². The SMILES string of the molecule is COc1cc(Nc2ccnc(CN)n2)cc(OC)c1. The fourth-order valence-corrected chi connectivity index (χ4v) is 1.59. The smallest absolute Gasteiger partial charge is 0.144 e. The third kappa shape index (κ3) is 3.32. The molecule has 0 aliphatic carbocycles. The summed E-state index contributed by atoms with van der Waals surface area (Å²) in [6, 6.07) is 7.28. The van der Waals surface area contributed by atoms with Gasteiger partial charge in [0.1, 0.15) is 23.1 Å². The first-order valence-corrected chi connectivity index (χ1v) is 5.77. The Morgan fingerprint density at radius 2 is 1.84 bits per heavy atom. The highest BCUT2D eigenvalue weighted by Crippen LogP contribution is 2.27. The number of nitrogens with zero attached hydrogens (tertiary/aromatic N) is 2. The van der Waals surface area contributed by atoms with Crippen molar-refractivity contribution >= 4 is 11.5 Å². The highest BCUT2D eigenvalue weighted by molar-refractivity contribution is 5.61. The summed E-state index contributed by atoms with van der Waals surface area (Å²) in [6.45, 7) is 0.303. The number of hydrogen-bond acceptors (Lipinski definition) is 6. The minimum Gasteiger partial charge on any atom is -0.497 e. The monoisotopic (exact) mass is 260 g/mol. The second kappa shape index (κ2) is 6.01. The van der Waals surface area contributed by atoms with E-state index in [0.29, 0.717) is 29.7 Å².